The van der Waals surface area contributed by atoms with Crippen molar-refractivity contribution < 1.29 is 4.74 Å². The van der Waals surface area contributed by atoms with Crippen LogP contribution in [0.15, 0.2) is 60.9 Å². The molecule has 0 unspecified atom stereocenters. The van der Waals surface area contributed by atoms with E-state index in [0.29, 0.717) is 17.3 Å². The van der Waals surface area contributed by atoms with Crippen LogP contribution in [0.5, 0.6) is 5.75 Å². The molecule has 25 heavy (non-hydrogen) atoms. The van der Waals surface area contributed by atoms with Crippen LogP contribution in [0.4, 0.5) is 28.7 Å². The van der Waals surface area contributed by atoms with E-state index < -0.39 is 0 Å². The van der Waals surface area contributed by atoms with Crippen LogP contribution < -0.4 is 20.7 Å². The standard InChI is InChI=1S/C19H21N5O/c1-3-24(15-9-5-4-6-10-15)19-17(20)18(21-13-22-19)23-14-8-7-11-16(12-14)25-2/h4-13H,3,20H2,1-2H3,(H,21,22,23). The van der Waals surface area contributed by atoms with Gasteiger partial charge in [0.05, 0.1) is 7.11 Å². The van der Waals surface area contributed by atoms with Gasteiger partial charge in [-0.2, -0.15) is 0 Å². The van der Waals surface area contributed by atoms with E-state index >= 15 is 0 Å². The molecule has 0 aliphatic heterocycles. The summed E-state index contributed by atoms with van der Waals surface area (Å²) in [5.41, 5.74) is 8.73. The molecule has 128 valence electrons. The van der Waals surface area contributed by atoms with E-state index in [1.807, 2.05) is 59.5 Å². The lowest BCUT2D eigenvalue weighted by molar-refractivity contribution is 0.415. The van der Waals surface area contributed by atoms with Gasteiger partial charge in [-0.3, -0.25) is 0 Å². The highest BCUT2D eigenvalue weighted by molar-refractivity contribution is 5.81. The zero-order valence-electron chi connectivity index (χ0n) is 14.3. The number of nitrogens with zero attached hydrogens (tertiary/aromatic N) is 3. The van der Waals surface area contributed by atoms with Crippen molar-refractivity contribution in [1.29, 1.82) is 0 Å². The Morgan fingerprint density at radius 3 is 2.60 bits per heavy atom. The van der Waals surface area contributed by atoms with E-state index in [1.165, 1.54) is 6.33 Å². The van der Waals surface area contributed by atoms with Gasteiger partial charge in [-0.05, 0) is 31.2 Å². The lowest BCUT2D eigenvalue weighted by Gasteiger charge is -2.24. The zero-order chi connectivity index (χ0) is 17.6. The maximum atomic E-state index is 6.36. The Hall–Kier alpha value is -3.28. The molecule has 3 aromatic rings. The number of benzene rings is 2. The summed E-state index contributed by atoms with van der Waals surface area (Å²) in [4.78, 5) is 10.7. The van der Waals surface area contributed by atoms with Gasteiger partial charge in [-0.15, -0.1) is 0 Å². The maximum Gasteiger partial charge on any atom is 0.161 e. The first-order valence-electron chi connectivity index (χ1n) is 8.07. The molecule has 2 aromatic carbocycles. The fraction of sp³-hybridized carbons (Fsp3) is 0.158. The van der Waals surface area contributed by atoms with Gasteiger partial charge in [0, 0.05) is 24.0 Å². The summed E-state index contributed by atoms with van der Waals surface area (Å²) in [6.07, 6.45) is 1.51. The first-order valence-corrected chi connectivity index (χ1v) is 8.07. The first kappa shape index (κ1) is 16.6. The van der Waals surface area contributed by atoms with Gasteiger partial charge >= 0.3 is 0 Å². The van der Waals surface area contributed by atoms with Gasteiger partial charge in [0.1, 0.15) is 17.8 Å². The number of nitrogen functional groups attached to an aromatic ring is 1. The number of hydrogen-bond acceptors (Lipinski definition) is 6. The summed E-state index contributed by atoms with van der Waals surface area (Å²) in [7, 11) is 1.63. The number of anilines is 5. The Bertz CT molecular complexity index is 838. The van der Waals surface area contributed by atoms with Crippen molar-refractivity contribution in [2.45, 2.75) is 6.92 Å². The molecule has 0 atom stereocenters. The van der Waals surface area contributed by atoms with E-state index in [9.17, 15) is 0 Å². The molecule has 3 rings (SSSR count). The number of nitrogens with two attached hydrogens (primary N) is 1. The highest BCUT2D eigenvalue weighted by atomic mass is 16.5. The number of para-hydroxylation sites is 1. The number of methoxy groups -OCH3 is 1. The third-order valence-electron chi connectivity index (χ3n) is 3.84. The number of ether oxygens (including phenoxy) is 1. The number of hydrogen-bond donors (Lipinski definition) is 2. The van der Waals surface area contributed by atoms with Crippen molar-refractivity contribution in [3.05, 3.63) is 60.9 Å². The summed E-state index contributed by atoms with van der Waals surface area (Å²) in [6.45, 7) is 2.80. The van der Waals surface area contributed by atoms with Crippen LogP contribution in [0.1, 0.15) is 6.92 Å². The Kier molecular flexibility index (Phi) is 4.99. The lowest BCUT2D eigenvalue weighted by Crippen LogP contribution is -2.19. The normalized spacial score (nSPS) is 10.3. The van der Waals surface area contributed by atoms with Crippen molar-refractivity contribution >= 4 is 28.7 Å². The number of rotatable bonds is 6. The molecule has 0 saturated carbocycles. The van der Waals surface area contributed by atoms with Gasteiger partial charge in [-0.25, -0.2) is 9.97 Å². The van der Waals surface area contributed by atoms with Gasteiger partial charge < -0.3 is 20.7 Å². The van der Waals surface area contributed by atoms with Gasteiger partial charge in [0.25, 0.3) is 0 Å². The summed E-state index contributed by atoms with van der Waals surface area (Å²) < 4.78 is 5.25. The smallest absolute Gasteiger partial charge is 0.161 e. The molecule has 1 heterocycles. The molecule has 0 aliphatic carbocycles. The predicted molar refractivity (Wildman–Crippen MR) is 102 cm³/mol. The van der Waals surface area contributed by atoms with Gasteiger partial charge in [-0.1, -0.05) is 24.3 Å². The van der Waals surface area contributed by atoms with Crippen LogP contribution in [-0.4, -0.2) is 23.6 Å². The second kappa shape index (κ2) is 7.53. The highest BCUT2D eigenvalue weighted by Gasteiger charge is 2.15. The number of nitrogens with one attached hydrogen (secondary N) is 1. The Morgan fingerprint density at radius 1 is 1.08 bits per heavy atom. The third kappa shape index (κ3) is 3.63. The van der Waals surface area contributed by atoms with E-state index in [0.717, 1.165) is 23.7 Å². The molecule has 0 fully saturated rings. The van der Waals surface area contributed by atoms with Crippen LogP contribution in [0, 0.1) is 0 Å². The van der Waals surface area contributed by atoms with Gasteiger partial charge in [0.2, 0.25) is 0 Å². The molecule has 0 saturated heterocycles. The first-order chi connectivity index (χ1) is 12.2. The van der Waals surface area contributed by atoms with Crippen molar-refractivity contribution in [3.63, 3.8) is 0 Å². The average molecular weight is 335 g/mol. The lowest BCUT2D eigenvalue weighted by atomic mass is 10.2. The minimum atomic E-state index is 0.496. The molecular weight excluding hydrogens is 314 g/mol. The van der Waals surface area contributed by atoms with Crippen LogP contribution in [0.3, 0.4) is 0 Å². The van der Waals surface area contributed by atoms with Crippen LogP contribution in [0.2, 0.25) is 0 Å². The van der Waals surface area contributed by atoms with Crippen molar-refractivity contribution in [1.82, 2.24) is 9.97 Å². The molecule has 0 bridgehead atoms. The van der Waals surface area contributed by atoms with Crippen molar-refractivity contribution in [2.24, 2.45) is 0 Å². The summed E-state index contributed by atoms with van der Waals surface area (Å²) in [5.74, 6) is 2.00. The zero-order valence-corrected chi connectivity index (χ0v) is 14.3. The fourth-order valence-electron chi connectivity index (χ4n) is 2.60. The molecule has 0 radical (unpaired) electrons. The van der Waals surface area contributed by atoms with E-state index in [1.54, 1.807) is 7.11 Å². The summed E-state index contributed by atoms with van der Waals surface area (Å²) in [5, 5.41) is 3.23. The molecule has 6 heteroatoms. The number of aromatic nitrogens is 2. The second-order valence-corrected chi connectivity index (χ2v) is 5.40. The van der Waals surface area contributed by atoms with Crippen molar-refractivity contribution in [3.8, 4) is 5.75 Å². The average Bonchev–Trinajstić information content (AvgIpc) is 2.66. The van der Waals surface area contributed by atoms with E-state index in [4.69, 9.17) is 10.5 Å². The summed E-state index contributed by atoms with van der Waals surface area (Å²) >= 11 is 0. The molecule has 3 N–H and O–H groups in total. The van der Waals surface area contributed by atoms with Crippen LogP contribution in [0.25, 0.3) is 0 Å². The Labute approximate surface area is 147 Å². The molecule has 0 amide bonds. The fourth-order valence-corrected chi connectivity index (χ4v) is 2.60. The largest absolute Gasteiger partial charge is 0.497 e. The molecule has 0 spiro atoms. The quantitative estimate of drug-likeness (QED) is 0.710. The van der Waals surface area contributed by atoms with E-state index in [-0.39, 0.29) is 0 Å². The van der Waals surface area contributed by atoms with Gasteiger partial charge in [0.15, 0.2) is 11.6 Å². The highest BCUT2D eigenvalue weighted by Crippen LogP contribution is 2.33. The van der Waals surface area contributed by atoms with Crippen LogP contribution >= 0.6 is 0 Å². The second-order valence-electron chi connectivity index (χ2n) is 5.40. The summed E-state index contributed by atoms with van der Waals surface area (Å²) in [6, 6.07) is 17.6. The van der Waals surface area contributed by atoms with Crippen LogP contribution in [-0.2, 0) is 0 Å². The molecular formula is C19H21N5O. The molecule has 6 nitrogen and oxygen atoms in total. The maximum absolute atomic E-state index is 6.36. The third-order valence-corrected chi connectivity index (χ3v) is 3.84. The van der Waals surface area contributed by atoms with E-state index in [2.05, 4.69) is 22.2 Å². The molecule has 0 aliphatic rings. The SMILES string of the molecule is CCN(c1ccccc1)c1ncnc(Nc2cccc(OC)c2)c1N. The Morgan fingerprint density at radius 2 is 1.88 bits per heavy atom. The molecule has 1 aromatic heterocycles. The minimum Gasteiger partial charge on any atom is -0.497 e. The monoisotopic (exact) mass is 335 g/mol. The predicted octanol–water partition coefficient (Wildman–Crippen LogP) is 3.97. The Balaban J connectivity index is 1.94. The topological polar surface area (TPSA) is 76.3 Å². The van der Waals surface area contributed by atoms with Crippen molar-refractivity contribution in [2.75, 3.05) is 29.6 Å². The minimum absolute atomic E-state index is 0.496.